The summed E-state index contributed by atoms with van der Waals surface area (Å²) < 4.78 is 0. The van der Waals surface area contributed by atoms with Crippen molar-refractivity contribution in [1.82, 2.24) is 0 Å². The molecule has 1 amide bonds. The van der Waals surface area contributed by atoms with Crippen molar-refractivity contribution < 1.29 is 4.79 Å². The van der Waals surface area contributed by atoms with Gasteiger partial charge in [-0.2, -0.15) is 0 Å². The van der Waals surface area contributed by atoms with Crippen LogP contribution in [0.3, 0.4) is 0 Å². The molecule has 0 unspecified atom stereocenters. The number of carbonyl (C=O) groups is 1. The van der Waals surface area contributed by atoms with Crippen LogP contribution in [0, 0.1) is 20.8 Å². The van der Waals surface area contributed by atoms with Crippen molar-refractivity contribution in [3.05, 3.63) is 58.7 Å². The van der Waals surface area contributed by atoms with Crippen LogP contribution in [-0.2, 0) is 0 Å². The number of hydrogen-bond acceptors (Lipinski definition) is 2. The lowest BCUT2D eigenvalue weighted by atomic mass is 10.1. The number of amides is 1. The summed E-state index contributed by atoms with van der Waals surface area (Å²) in [6, 6.07) is 11.9. The van der Waals surface area contributed by atoms with Crippen LogP contribution in [-0.4, -0.2) is 12.5 Å². The number of benzene rings is 2. The van der Waals surface area contributed by atoms with Crippen molar-refractivity contribution in [3.8, 4) is 0 Å². The van der Waals surface area contributed by atoms with Gasteiger partial charge in [0.25, 0.3) is 5.91 Å². The van der Waals surface area contributed by atoms with Crippen LogP contribution in [0.2, 0.25) is 0 Å². The Morgan fingerprint density at radius 1 is 1.05 bits per heavy atom. The lowest BCUT2D eigenvalue weighted by Crippen LogP contribution is -2.16. The molecule has 0 spiro atoms. The van der Waals surface area contributed by atoms with Crippen LogP contribution in [0.4, 0.5) is 11.4 Å². The van der Waals surface area contributed by atoms with Gasteiger partial charge in [-0.1, -0.05) is 29.8 Å². The summed E-state index contributed by atoms with van der Waals surface area (Å²) in [5.41, 5.74) is 5.66. The molecule has 2 aromatic carbocycles. The maximum Gasteiger partial charge on any atom is 0.257 e. The molecule has 3 nitrogen and oxygen atoms in total. The lowest BCUT2D eigenvalue weighted by Gasteiger charge is -2.15. The van der Waals surface area contributed by atoms with Crippen LogP contribution in [0.5, 0.6) is 0 Å². The van der Waals surface area contributed by atoms with Crippen LogP contribution in [0.25, 0.3) is 0 Å². The molecule has 2 N–H and O–H groups in total. The standard InChI is InChI=1S/C18H22N2O/c1-5-19-16-10-9-12(2)11-15(16)18(21)20-17-13(3)7-6-8-14(17)4/h6-11,19H,5H2,1-4H3,(H,20,21). The second-order valence-corrected chi connectivity index (χ2v) is 5.30. The molecule has 2 aromatic rings. The summed E-state index contributed by atoms with van der Waals surface area (Å²) in [6.45, 7) is 8.80. The minimum Gasteiger partial charge on any atom is -0.385 e. The third-order valence-corrected chi connectivity index (χ3v) is 3.51. The van der Waals surface area contributed by atoms with Crippen molar-refractivity contribution in [3.63, 3.8) is 0 Å². The molecule has 21 heavy (non-hydrogen) atoms. The molecule has 0 saturated heterocycles. The highest BCUT2D eigenvalue weighted by Gasteiger charge is 2.13. The van der Waals surface area contributed by atoms with E-state index in [-0.39, 0.29) is 5.91 Å². The summed E-state index contributed by atoms with van der Waals surface area (Å²) in [4.78, 5) is 12.6. The zero-order chi connectivity index (χ0) is 15.4. The normalized spacial score (nSPS) is 10.3. The van der Waals surface area contributed by atoms with Gasteiger partial charge in [-0.25, -0.2) is 0 Å². The van der Waals surface area contributed by atoms with Gasteiger partial charge < -0.3 is 10.6 Å². The molecule has 0 atom stereocenters. The average Bonchev–Trinajstić information content (AvgIpc) is 2.45. The van der Waals surface area contributed by atoms with Gasteiger partial charge in [0.05, 0.1) is 5.56 Å². The average molecular weight is 282 g/mol. The SMILES string of the molecule is CCNc1ccc(C)cc1C(=O)Nc1c(C)cccc1C. The summed E-state index contributed by atoms with van der Waals surface area (Å²) in [5.74, 6) is -0.0768. The second-order valence-electron chi connectivity index (χ2n) is 5.30. The fourth-order valence-electron chi connectivity index (χ4n) is 2.38. The minimum atomic E-state index is -0.0768. The number of anilines is 2. The van der Waals surface area contributed by atoms with E-state index in [0.29, 0.717) is 5.56 Å². The Morgan fingerprint density at radius 2 is 1.71 bits per heavy atom. The van der Waals surface area contributed by atoms with Crippen LogP contribution < -0.4 is 10.6 Å². The van der Waals surface area contributed by atoms with E-state index in [1.54, 1.807) is 0 Å². The molecule has 0 heterocycles. The van der Waals surface area contributed by atoms with Crippen molar-refractivity contribution in [1.29, 1.82) is 0 Å². The molecule has 110 valence electrons. The minimum absolute atomic E-state index is 0.0768. The van der Waals surface area contributed by atoms with Crippen LogP contribution in [0.15, 0.2) is 36.4 Å². The highest BCUT2D eigenvalue weighted by molar-refractivity contribution is 6.08. The Hall–Kier alpha value is -2.29. The van der Waals surface area contributed by atoms with Gasteiger partial charge in [-0.15, -0.1) is 0 Å². The lowest BCUT2D eigenvalue weighted by molar-refractivity contribution is 0.102. The van der Waals surface area contributed by atoms with Crippen molar-refractivity contribution in [2.45, 2.75) is 27.7 Å². The number of para-hydroxylation sites is 1. The fourth-order valence-corrected chi connectivity index (χ4v) is 2.38. The van der Waals surface area contributed by atoms with E-state index < -0.39 is 0 Å². The van der Waals surface area contributed by atoms with Gasteiger partial charge in [-0.3, -0.25) is 4.79 Å². The Bertz CT molecular complexity index is 642. The molecule has 0 aliphatic rings. The van der Waals surface area contributed by atoms with E-state index in [9.17, 15) is 4.79 Å². The predicted octanol–water partition coefficient (Wildman–Crippen LogP) is 4.30. The van der Waals surface area contributed by atoms with Gasteiger partial charge in [0, 0.05) is 17.9 Å². The Morgan fingerprint density at radius 3 is 2.33 bits per heavy atom. The summed E-state index contributed by atoms with van der Waals surface area (Å²) in [7, 11) is 0. The van der Waals surface area contributed by atoms with E-state index in [1.165, 1.54) is 0 Å². The van der Waals surface area contributed by atoms with E-state index in [4.69, 9.17) is 0 Å². The highest BCUT2D eigenvalue weighted by Crippen LogP contribution is 2.23. The zero-order valence-corrected chi connectivity index (χ0v) is 13.1. The number of carbonyl (C=O) groups excluding carboxylic acids is 1. The van der Waals surface area contributed by atoms with Crippen molar-refractivity contribution >= 4 is 17.3 Å². The number of nitrogens with one attached hydrogen (secondary N) is 2. The zero-order valence-electron chi connectivity index (χ0n) is 13.1. The molecule has 0 radical (unpaired) electrons. The molecule has 0 aromatic heterocycles. The number of rotatable bonds is 4. The Balaban J connectivity index is 2.34. The molecular formula is C18H22N2O. The largest absolute Gasteiger partial charge is 0.385 e. The third kappa shape index (κ3) is 3.43. The molecular weight excluding hydrogens is 260 g/mol. The molecule has 0 aliphatic carbocycles. The summed E-state index contributed by atoms with van der Waals surface area (Å²) >= 11 is 0. The molecule has 0 bridgehead atoms. The highest BCUT2D eigenvalue weighted by atomic mass is 16.1. The van der Waals surface area contributed by atoms with Gasteiger partial charge >= 0.3 is 0 Å². The van der Waals surface area contributed by atoms with E-state index in [2.05, 4.69) is 10.6 Å². The van der Waals surface area contributed by atoms with E-state index in [0.717, 1.165) is 34.6 Å². The van der Waals surface area contributed by atoms with Crippen LogP contribution >= 0.6 is 0 Å². The maximum atomic E-state index is 12.6. The first-order valence-corrected chi connectivity index (χ1v) is 7.25. The number of aryl methyl sites for hydroxylation is 3. The summed E-state index contributed by atoms with van der Waals surface area (Å²) in [6.07, 6.45) is 0. The van der Waals surface area contributed by atoms with Gasteiger partial charge in [0.1, 0.15) is 0 Å². The molecule has 0 saturated carbocycles. The Labute approximate surface area is 126 Å². The first-order chi connectivity index (χ1) is 10.0. The number of hydrogen-bond donors (Lipinski definition) is 2. The smallest absolute Gasteiger partial charge is 0.257 e. The fraction of sp³-hybridized carbons (Fsp3) is 0.278. The predicted molar refractivity (Wildman–Crippen MR) is 89.2 cm³/mol. The molecule has 0 fully saturated rings. The first-order valence-electron chi connectivity index (χ1n) is 7.25. The maximum absolute atomic E-state index is 12.6. The van der Waals surface area contributed by atoms with Gasteiger partial charge in [-0.05, 0) is 51.0 Å². The topological polar surface area (TPSA) is 41.1 Å². The van der Waals surface area contributed by atoms with Crippen molar-refractivity contribution in [2.75, 3.05) is 17.2 Å². The molecule has 3 heteroatoms. The van der Waals surface area contributed by atoms with Crippen molar-refractivity contribution in [2.24, 2.45) is 0 Å². The second kappa shape index (κ2) is 6.44. The monoisotopic (exact) mass is 282 g/mol. The Kier molecular flexibility index (Phi) is 4.63. The molecule has 0 aliphatic heterocycles. The third-order valence-electron chi connectivity index (χ3n) is 3.51. The van der Waals surface area contributed by atoms with E-state index in [1.807, 2.05) is 64.1 Å². The molecule has 2 rings (SSSR count). The van der Waals surface area contributed by atoms with Gasteiger partial charge in [0.15, 0.2) is 0 Å². The van der Waals surface area contributed by atoms with E-state index >= 15 is 0 Å². The first kappa shape index (κ1) is 15.1. The van der Waals surface area contributed by atoms with Crippen LogP contribution in [0.1, 0.15) is 34.0 Å². The van der Waals surface area contributed by atoms with Gasteiger partial charge in [0.2, 0.25) is 0 Å². The summed E-state index contributed by atoms with van der Waals surface area (Å²) in [5, 5.41) is 6.28. The quantitative estimate of drug-likeness (QED) is 0.878.